The van der Waals surface area contributed by atoms with Gasteiger partial charge in [-0.1, -0.05) is 32.4 Å². The average Bonchev–Trinajstić information content (AvgIpc) is 3.14. The van der Waals surface area contributed by atoms with Gasteiger partial charge in [0.05, 0.1) is 7.11 Å². The first kappa shape index (κ1) is 16.2. The molecule has 1 aromatic carbocycles. The summed E-state index contributed by atoms with van der Waals surface area (Å²) in [5.41, 5.74) is 2.09. The third-order valence-electron chi connectivity index (χ3n) is 6.27. The van der Waals surface area contributed by atoms with Crippen LogP contribution in [0.15, 0.2) is 24.3 Å². The number of benzene rings is 1. The Morgan fingerprint density at radius 3 is 2.55 bits per heavy atom. The predicted octanol–water partition coefficient (Wildman–Crippen LogP) is 5.70. The van der Waals surface area contributed by atoms with Crippen LogP contribution >= 0.6 is 12.6 Å². The quantitative estimate of drug-likeness (QED) is 0.634. The number of fused-ring (bicyclic) bond motifs is 1. The number of methoxy groups -OCH3 is 1. The molecule has 2 aliphatic carbocycles. The molecule has 0 spiro atoms. The lowest BCUT2D eigenvalue weighted by Gasteiger charge is -2.28. The molecule has 2 saturated carbocycles. The van der Waals surface area contributed by atoms with Crippen LogP contribution in [0.25, 0.3) is 0 Å². The zero-order chi connectivity index (χ0) is 15.7. The Morgan fingerprint density at radius 2 is 1.95 bits per heavy atom. The Labute approximate surface area is 141 Å². The first-order valence-corrected chi connectivity index (χ1v) is 9.48. The summed E-state index contributed by atoms with van der Waals surface area (Å²) in [5.74, 6) is 3.50. The number of hydrogen-bond donors (Lipinski definition) is 1. The third-order valence-corrected chi connectivity index (χ3v) is 7.15. The van der Waals surface area contributed by atoms with Crippen LogP contribution in [0, 0.1) is 17.3 Å². The largest absolute Gasteiger partial charge is 0.497 e. The van der Waals surface area contributed by atoms with Gasteiger partial charge in [0.25, 0.3) is 0 Å². The summed E-state index contributed by atoms with van der Waals surface area (Å²) in [6, 6.07) is 8.81. The molecule has 2 heteroatoms. The van der Waals surface area contributed by atoms with E-state index in [1.54, 1.807) is 7.11 Å². The number of ether oxygens (including phenoxy) is 1. The first-order chi connectivity index (χ1) is 10.6. The van der Waals surface area contributed by atoms with E-state index in [0.29, 0.717) is 10.7 Å². The molecule has 0 heterocycles. The van der Waals surface area contributed by atoms with E-state index in [0.717, 1.165) is 23.5 Å². The lowest BCUT2D eigenvalue weighted by atomic mass is 9.78. The maximum atomic E-state index is 5.31. The van der Waals surface area contributed by atoms with Crippen LogP contribution in [0.5, 0.6) is 5.75 Å². The van der Waals surface area contributed by atoms with Crippen LogP contribution in [0.1, 0.15) is 63.9 Å². The molecule has 0 aromatic heterocycles. The summed E-state index contributed by atoms with van der Waals surface area (Å²) in [6.07, 6.45) is 8.05. The van der Waals surface area contributed by atoms with Gasteiger partial charge >= 0.3 is 0 Å². The van der Waals surface area contributed by atoms with Crippen molar-refractivity contribution in [3.05, 3.63) is 29.8 Å². The summed E-state index contributed by atoms with van der Waals surface area (Å²) in [6.45, 7) is 4.61. The Hall–Kier alpha value is -0.630. The zero-order valence-corrected chi connectivity index (χ0v) is 15.1. The Morgan fingerprint density at radius 1 is 1.23 bits per heavy atom. The molecule has 3 unspecified atom stereocenters. The molecule has 2 aliphatic rings. The lowest BCUT2D eigenvalue weighted by Crippen LogP contribution is -2.19. The van der Waals surface area contributed by atoms with Crippen molar-refractivity contribution >= 4 is 12.6 Å². The van der Waals surface area contributed by atoms with Crippen LogP contribution in [-0.4, -0.2) is 12.4 Å². The molecule has 122 valence electrons. The third kappa shape index (κ3) is 2.79. The van der Waals surface area contributed by atoms with Gasteiger partial charge in [-0.2, -0.15) is 12.6 Å². The van der Waals surface area contributed by atoms with Crippen LogP contribution in [0.4, 0.5) is 0 Å². The highest BCUT2D eigenvalue weighted by molar-refractivity contribution is 7.81. The van der Waals surface area contributed by atoms with Gasteiger partial charge in [-0.15, -0.1) is 0 Å². The van der Waals surface area contributed by atoms with E-state index in [1.807, 2.05) is 0 Å². The predicted molar refractivity (Wildman–Crippen MR) is 97.0 cm³/mol. The molecule has 0 bridgehead atoms. The number of hydrogen-bond acceptors (Lipinski definition) is 2. The molecular formula is C20H30OS. The van der Waals surface area contributed by atoms with E-state index >= 15 is 0 Å². The Bertz CT molecular complexity index is 497. The van der Waals surface area contributed by atoms with Gasteiger partial charge < -0.3 is 4.74 Å². The molecule has 0 N–H and O–H groups in total. The summed E-state index contributed by atoms with van der Waals surface area (Å²) in [7, 11) is 1.74. The maximum Gasteiger partial charge on any atom is 0.118 e. The number of rotatable bonds is 7. The standard InChI is InChI=1S/C20H30OS/c1-4-6-18(14-7-9-17(21-3)10-8-14)15-11-16-13-20(16,12-15)19(22)5-2/h7-10,15-16,18-19,22H,4-6,11-13H2,1-3H3/t15?,16-,18+,19?,20?/m0/s1. The van der Waals surface area contributed by atoms with Crippen LogP contribution < -0.4 is 4.74 Å². The van der Waals surface area contributed by atoms with E-state index in [1.165, 1.54) is 44.1 Å². The minimum atomic E-state index is 0.584. The molecule has 22 heavy (non-hydrogen) atoms. The molecule has 2 fully saturated rings. The second kappa shape index (κ2) is 6.47. The average molecular weight is 319 g/mol. The highest BCUT2D eigenvalue weighted by Crippen LogP contribution is 2.70. The summed E-state index contributed by atoms with van der Waals surface area (Å²) in [4.78, 5) is 0. The van der Waals surface area contributed by atoms with E-state index < -0.39 is 0 Å². The van der Waals surface area contributed by atoms with Crippen molar-refractivity contribution in [1.29, 1.82) is 0 Å². The summed E-state index contributed by atoms with van der Waals surface area (Å²) in [5, 5.41) is 0.612. The molecule has 0 saturated heterocycles. The van der Waals surface area contributed by atoms with E-state index in [-0.39, 0.29) is 0 Å². The van der Waals surface area contributed by atoms with Crippen molar-refractivity contribution in [3.63, 3.8) is 0 Å². The van der Waals surface area contributed by atoms with Crippen LogP contribution in [0.2, 0.25) is 0 Å². The minimum Gasteiger partial charge on any atom is -0.497 e. The van der Waals surface area contributed by atoms with Gasteiger partial charge in [0.15, 0.2) is 0 Å². The normalized spacial score (nSPS) is 32.4. The smallest absolute Gasteiger partial charge is 0.118 e. The van der Waals surface area contributed by atoms with Crippen molar-refractivity contribution in [2.24, 2.45) is 17.3 Å². The molecular weight excluding hydrogens is 288 g/mol. The van der Waals surface area contributed by atoms with E-state index in [9.17, 15) is 0 Å². The molecule has 1 nitrogen and oxygen atoms in total. The summed E-state index contributed by atoms with van der Waals surface area (Å²) < 4.78 is 5.31. The van der Waals surface area contributed by atoms with Gasteiger partial charge in [0.2, 0.25) is 0 Å². The fourth-order valence-electron chi connectivity index (χ4n) is 5.00. The second-order valence-corrected chi connectivity index (χ2v) is 8.05. The first-order valence-electron chi connectivity index (χ1n) is 8.96. The van der Waals surface area contributed by atoms with Gasteiger partial charge in [0, 0.05) is 5.25 Å². The molecule has 5 atom stereocenters. The molecule has 1 aromatic rings. The molecule has 0 radical (unpaired) electrons. The highest BCUT2D eigenvalue weighted by atomic mass is 32.1. The SMILES string of the molecule is CCC[C@H](c1ccc(OC)cc1)C1C[C@H]2CC2(C(S)CC)C1. The van der Waals surface area contributed by atoms with Crippen LogP contribution in [0.3, 0.4) is 0 Å². The topological polar surface area (TPSA) is 9.23 Å². The highest BCUT2D eigenvalue weighted by Gasteiger charge is 2.63. The van der Waals surface area contributed by atoms with E-state index in [2.05, 4.69) is 38.1 Å². The minimum absolute atomic E-state index is 0.584. The Kier molecular flexibility index (Phi) is 4.77. The van der Waals surface area contributed by atoms with Gasteiger partial charge in [-0.05, 0) is 73.0 Å². The van der Waals surface area contributed by atoms with Crippen molar-refractivity contribution < 1.29 is 4.74 Å². The zero-order valence-electron chi connectivity index (χ0n) is 14.2. The van der Waals surface area contributed by atoms with Crippen molar-refractivity contribution in [1.82, 2.24) is 0 Å². The molecule has 0 amide bonds. The fourth-order valence-corrected chi connectivity index (χ4v) is 5.42. The van der Waals surface area contributed by atoms with Gasteiger partial charge in [-0.3, -0.25) is 0 Å². The number of thiol groups is 1. The van der Waals surface area contributed by atoms with E-state index in [4.69, 9.17) is 17.4 Å². The van der Waals surface area contributed by atoms with Gasteiger partial charge in [0.1, 0.15) is 5.75 Å². The lowest BCUT2D eigenvalue weighted by molar-refractivity contribution is 0.336. The van der Waals surface area contributed by atoms with Crippen LogP contribution in [-0.2, 0) is 0 Å². The Balaban J connectivity index is 1.75. The van der Waals surface area contributed by atoms with Crippen molar-refractivity contribution in [3.8, 4) is 5.75 Å². The van der Waals surface area contributed by atoms with Crippen molar-refractivity contribution in [2.45, 2.75) is 63.5 Å². The van der Waals surface area contributed by atoms with Gasteiger partial charge in [-0.25, -0.2) is 0 Å². The second-order valence-electron chi connectivity index (χ2n) is 7.43. The fraction of sp³-hybridized carbons (Fsp3) is 0.700. The molecule has 3 rings (SSSR count). The maximum absolute atomic E-state index is 5.31. The molecule has 0 aliphatic heterocycles. The summed E-state index contributed by atoms with van der Waals surface area (Å²) >= 11 is 4.91. The van der Waals surface area contributed by atoms with Crippen molar-refractivity contribution in [2.75, 3.05) is 7.11 Å². The monoisotopic (exact) mass is 318 g/mol.